The molecule has 1 amide bonds. The number of methoxy groups -OCH3 is 2. The van der Waals surface area contributed by atoms with Crippen molar-refractivity contribution in [2.75, 3.05) is 71.2 Å². The van der Waals surface area contributed by atoms with E-state index in [1.165, 1.54) is 25.5 Å². The van der Waals surface area contributed by atoms with Crippen LogP contribution in [-0.4, -0.2) is 76.3 Å². The van der Waals surface area contributed by atoms with Crippen molar-refractivity contribution in [3.63, 3.8) is 0 Å². The molecule has 3 rings (SSSR count). The fraction of sp³-hybridized carbons (Fsp3) is 0.400. The zero-order valence-corrected chi connectivity index (χ0v) is 21.8. The number of benzene rings is 2. The van der Waals surface area contributed by atoms with Gasteiger partial charge in [-0.25, -0.2) is 0 Å². The fourth-order valence-corrected chi connectivity index (χ4v) is 4.10. The summed E-state index contributed by atoms with van der Waals surface area (Å²) in [5, 5.41) is 6.46. The van der Waals surface area contributed by atoms with Crippen molar-refractivity contribution in [2.45, 2.75) is 6.42 Å². The van der Waals surface area contributed by atoms with Crippen LogP contribution in [0.2, 0.25) is 10.0 Å². The average molecular weight is 523 g/mol. The molecule has 1 fully saturated rings. The summed E-state index contributed by atoms with van der Waals surface area (Å²) in [5.74, 6) is 1.36. The van der Waals surface area contributed by atoms with E-state index in [0.717, 1.165) is 44.8 Å². The third-order valence-corrected chi connectivity index (χ3v) is 6.23. The molecule has 0 radical (unpaired) electrons. The number of rotatable bonds is 11. The summed E-state index contributed by atoms with van der Waals surface area (Å²) in [4.78, 5) is 17.1. The number of carbonyl (C=O) groups is 1. The van der Waals surface area contributed by atoms with Crippen LogP contribution in [0.25, 0.3) is 0 Å². The predicted octanol–water partition coefficient (Wildman–Crippen LogP) is 4.59. The van der Waals surface area contributed by atoms with Gasteiger partial charge in [-0.3, -0.25) is 4.79 Å². The number of nitrogens with zero attached hydrogens (tertiary/aromatic N) is 2. The molecule has 0 saturated carbocycles. The average Bonchev–Trinajstić information content (AvgIpc) is 2.84. The first kappa shape index (κ1) is 26.9. The summed E-state index contributed by atoms with van der Waals surface area (Å²) < 4.78 is 16.6. The van der Waals surface area contributed by atoms with Gasteiger partial charge in [-0.1, -0.05) is 23.2 Å². The van der Waals surface area contributed by atoms with Gasteiger partial charge in [0.05, 0.1) is 36.6 Å². The smallest absolute Gasteiger partial charge is 0.249 e. The molecule has 1 saturated heterocycles. The van der Waals surface area contributed by atoms with E-state index in [1.807, 2.05) is 18.2 Å². The lowest BCUT2D eigenvalue weighted by atomic mass is 10.2. The van der Waals surface area contributed by atoms with Crippen molar-refractivity contribution < 1.29 is 19.0 Å². The molecular weight excluding hydrogens is 491 g/mol. The zero-order valence-electron chi connectivity index (χ0n) is 20.3. The standard InChI is InChI=1S/C25H32Cl2N4O4/c1-30-10-12-31(13-11-30)9-4-14-35-24-15-18(5-6-22(24)33-2)28-8-7-25(32)29-21-17-23(34-3)20(27)16-19(21)26/h5-8,15-17,28H,4,9-14H2,1-3H3,(H,29,32)/b8-7-. The first-order valence-electron chi connectivity index (χ1n) is 11.4. The Balaban J connectivity index is 1.50. The maximum Gasteiger partial charge on any atom is 0.249 e. The summed E-state index contributed by atoms with van der Waals surface area (Å²) in [6.07, 6.45) is 3.83. The Hall–Kier alpha value is -2.65. The van der Waals surface area contributed by atoms with E-state index in [9.17, 15) is 4.79 Å². The first-order chi connectivity index (χ1) is 16.9. The normalized spacial score (nSPS) is 14.7. The van der Waals surface area contributed by atoms with Crippen molar-refractivity contribution in [1.82, 2.24) is 9.80 Å². The molecule has 2 aromatic rings. The lowest BCUT2D eigenvalue weighted by Crippen LogP contribution is -2.44. The van der Waals surface area contributed by atoms with Crippen LogP contribution in [0.4, 0.5) is 11.4 Å². The number of piperazine rings is 1. The van der Waals surface area contributed by atoms with Crippen molar-refractivity contribution in [3.8, 4) is 17.2 Å². The molecule has 190 valence electrons. The van der Waals surface area contributed by atoms with Crippen LogP contribution in [0, 0.1) is 0 Å². The first-order valence-corrected chi connectivity index (χ1v) is 12.1. The number of nitrogens with one attached hydrogen (secondary N) is 2. The van der Waals surface area contributed by atoms with E-state index in [1.54, 1.807) is 13.2 Å². The second kappa shape index (κ2) is 13.4. The van der Waals surface area contributed by atoms with E-state index in [-0.39, 0.29) is 5.91 Å². The highest BCUT2D eigenvalue weighted by Gasteiger charge is 2.13. The predicted molar refractivity (Wildman–Crippen MR) is 141 cm³/mol. The van der Waals surface area contributed by atoms with Gasteiger partial charge in [0.2, 0.25) is 5.91 Å². The minimum atomic E-state index is -0.363. The molecule has 1 aliphatic heterocycles. The number of carbonyl (C=O) groups excluding carboxylic acids is 1. The summed E-state index contributed by atoms with van der Waals surface area (Å²) in [6, 6.07) is 8.60. The lowest BCUT2D eigenvalue weighted by Gasteiger charge is -2.32. The Morgan fingerprint density at radius 2 is 1.74 bits per heavy atom. The van der Waals surface area contributed by atoms with Gasteiger partial charge in [-0.2, -0.15) is 0 Å². The van der Waals surface area contributed by atoms with E-state index >= 15 is 0 Å². The molecule has 0 spiro atoms. The van der Waals surface area contributed by atoms with Gasteiger partial charge >= 0.3 is 0 Å². The number of likely N-dealkylation sites (N-methyl/N-ethyl adjacent to an activating group) is 1. The largest absolute Gasteiger partial charge is 0.495 e. The molecule has 8 nitrogen and oxygen atoms in total. The molecule has 0 aromatic heterocycles. The molecule has 2 aromatic carbocycles. The molecule has 0 atom stereocenters. The van der Waals surface area contributed by atoms with Crippen LogP contribution in [0.1, 0.15) is 6.42 Å². The van der Waals surface area contributed by atoms with Crippen molar-refractivity contribution in [2.24, 2.45) is 0 Å². The minimum Gasteiger partial charge on any atom is -0.495 e. The SMILES string of the molecule is COc1cc(NC(=O)/C=C\Nc2ccc(OC)c(OCCCN3CCN(C)CC3)c2)c(Cl)cc1Cl. The Labute approximate surface area is 216 Å². The third kappa shape index (κ3) is 8.21. The maximum atomic E-state index is 12.3. The molecule has 1 aliphatic rings. The van der Waals surface area contributed by atoms with Crippen LogP contribution in [-0.2, 0) is 4.79 Å². The molecular formula is C25H32Cl2N4O4. The third-order valence-electron chi connectivity index (χ3n) is 5.62. The minimum absolute atomic E-state index is 0.315. The van der Waals surface area contributed by atoms with Gasteiger partial charge in [-0.15, -0.1) is 0 Å². The van der Waals surface area contributed by atoms with Crippen molar-refractivity contribution >= 4 is 40.5 Å². The van der Waals surface area contributed by atoms with Crippen molar-refractivity contribution in [1.29, 1.82) is 0 Å². The van der Waals surface area contributed by atoms with E-state index in [2.05, 4.69) is 27.5 Å². The Bertz CT molecular complexity index is 1030. The molecule has 2 N–H and O–H groups in total. The van der Waals surface area contributed by atoms with Crippen molar-refractivity contribution in [3.05, 3.63) is 52.7 Å². The summed E-state index contributed by atoms with van der Waals surface area (Å²) in [5.41, 5.74) is 1.16. The molecule has 0 unspecified atom stereocenters. The van der Waals surface area contributed by atoms with Crippen LogP contribution in [0.3, 0.4) is 0 Å². The Morgan fingerprint density at radius 3 is 2.46 bits per heavy atom. The van der Waals surface area contributed by atoms with E-state index < -0.39 is 0 Å². The highest BCUT2D eigenvalue weighted by molar-refractivity contribution is 6.37. The highest BCUT2D eigenvalue weighted by Crippen LogP contribution is 2.34. The number of ether oxygens (including phenoxy) is 3. The fourth-order valence-electron chi connectivity index (χ4n) is 3.59. The quantitative estimate of drug-likeness (QED) is 0.330. The highest BCUT2D eigenvalue weighted by atomic mass is 35.5. The molecule has 0 bridgehead atoms. The van der Waals surface area contributed by atoms with Gasteiger partial charge < -0.3 is 34.6 Å². The summed E-state index contributed by atoms with van der Waals surface area (Å²) in [7, 11) is 5.26. The molecule has 0 aliphatic carbocycles. The van der Waals surface area contributed by atoms with Crippen LogP contribution < -0.4 is 24.8 Å². The summed E-state index contributed by atoms with van der Waals surface area (Å²) in [6.45, 7) is 6.00. The van der Waals surface area contributed by atoms with Crippen LogP contribution in [0.15, 0.2) is 42.6 Å². The second-order valence-electron chi connectivity index (χ2n) is 8.15. The number of amides is 1. The van der Waals surface area contributed by atoms with Crippen LogP contribution in [0.5, 0.6) is 17.2 Å². The van der Waals surface area contributed by atoms with Gasteiger partial charge in [-0.05, 0) is 31.7 Å². The molecule has 35 heavy (non-hydrogen) atoms. The van der Waals surface area contributed by atoms with Gasteiger partial charge in [0.15, 0.2) is 11.5 Å². The molecule has 1 heterocycles. The Kier molecular flexibility index (Phi) is 10.3. The number of hydrogen-bond donors (Lipinski definition) is 2. The van der Waals surface area contributed by atoms with E-state index in [0.29, 0.717) is 39.6 Å². The summed E-state index contributed by atoms with van der Waals surface area (Å²) >= 11 is 12.2. The molecule has 10 heteroatoms. The van der Waals surface area contributed by atoms with Crippen LogP contribution >= 0.6 is 23.2 Å². The topological polar surface area (TPSA) is 75.3 Å². The monoisotopic (exact) mass is 522 g/mol. The maximum absolute atomic E-state index is 12.3. The Morgan fingerprint density at radius 1 is 1.00 bits per heavy atom. The van der Waals surface area contributed by atoms with Gasteiger partial charge in [0.25, 0.3) is 0 Å². The number of anilines is 2. The zero-order chi connectivity index (χ0) is 25.2. The number of halogens is 2. The van der Waals surface area contributed by atoms with Gasteiger partial charge in [0.1, 0.15) is 5.75 Å². The number of hydrogen-bond acceptors (Lipinski definition) is 7. The lowest BCUT2D eigenvalue weighted by molar-refractivity contribution is -0.111. The van der Waals surface area contributed by atoms with E-state index in [4.69, 9.17) is 37.4 Å². The van der Waals surface area contributed by atoms with Gasteiger partial charge in [0, 0.05) is 62.8 Å². The second-order valence-corrected chi connectivity index (χ2v) is 8.96.